The second kappa shape index (κ2) is 11.6. The van der Waals surface area contributed by atoms with Crippen molar-refractivity contribution >= 4 is 29.9 Å². The lowest BCUT2D eigenvalue weighted by molar-refractivity contribution is 0.310. The molecule has 26 heavy (non-hydrogen) atoms. The first-order chi connectivity index (χ1) is 12.2. The van der Waals surface area contributed by atoms with E-state index >= 15 is 0 Å². The molecule has 0 saturated carbocycles. The molecule has 0 bridgehead atoms. The van der Waals surface area contributed by atoms with Gasteiger partial charge in [-0.25, -0.2) is 0 Å². The highest BCUT2D eigenvalue weighted by molar-refractivity contribution is 14.0. The number of rotatable bonds is 7. The molecular formula is C20H28IN3O2. The Morgan fingerprint density at radius 2 is 1.58 bits per heavy atom. The van der Waals surface area contributed by atoms with Crippen molar-refractivity contribution in [3.8, 4) is 11.5 Å². The van der Waals surface area contributed by atoms with Crippen LogP contribution in [0.1, 0.15) is 23.6 Å². The zero-order chi connectivity index (χ0) is 18.1. The molecule has 0 saturated heterocycles. The third-order valence-corrected chi connectivity index (χ3v) is 3.79. The Bertz CT molecular complexity index is 703. The topological polar surface area (TPSA) is 54.9 Å². The number of guanidine groups is 1. The average molecular weight is 469 g/mol. The Morgan fingerprint density at radius 3 is 2.15 bits per heavy atom. The number of hydrogen-bond acceptors (Lipinski definition) is 3. The summed E-state index contributed by atoms with van der Waals surface area (Å²) in [6.45, 7) is 6.03. The molecule has 2 aromatic rings. The van der Waals surface area contributed by atoms with E-state index in [9.17, 15) is 0 Å². The van der Waals surface area contributed by atoms with Gasteiger partial charge in [-0.1, -0.05) is 35.9 Å². The minimum Gasteiger partial charge on any atom is -0.493 e. The van der Waals surface area contributed by atoms with Gasteiger partial charge in [0, 0.05) is 20.1 Å². The third kappa shape index (κ3) is 6.74. The predicted octanol–water partition coefficient (Wildman–Crippen LogP) is 3.89. The number of hydrogen-bond donors (Lipinski definition) is 2. The van der Waals surface area contributed by atoms with Crippen LogP contribution in [0.5, 0.6) is 11.5 Å². The van der Waals surface area contributed by atoms with Gasteiger partial charge in [-0.15, -0.1) is 24.0 Å². The summed E-state index contributed by atoms with van der Waals surface area (Å²) in [4.78, 5) is 4.27. The van der Waals surface area contributed by atoms with Gasteiger partial charge in [0.2, 0.25) is 0 Å². The first kappa shape index (κ1) is 22.1. The third-order valence-electron chi connectivity index (χ3n) is 3.79. The van der Waals surface area contributed by atoms with Crippen molar-refractivity contribution in [1.82, 2.24) is 10.6 Å². The lowest BCUT2D eigenvalue weighted by Crippen LogP contribution is -2.36. The highest BCUT2D eigenvalue weighted by atomic mass is 127. The van der Waals surface area contributed by atoms with E-state index in [1.54, 1.807) is 14.2 Å². The Labute approximate surface area is 173 Å². The molecule has 0 aliphatic rings. The van der Waals surface area contributed by atoms with Crippen LogP contribution >= 0.6 is 24.0 Å². The standard InChI is InChI=1S/C20H27N3O2.HI/c1-5-25-19-12-17(10-11-18(19)24-4)14-23-20(21-3)22-13-16-8-6-15(2)7-9-16;/h6-12H,5,13-14H2,1-4H3,(H2,21,22,23);1H. The van der Waals surface area contributed by atoms with Crippen molar-refractivity contribution in [2.45, 2.75) is 26.9 Å². The quantitative estimate of drug-likeness (QED) is 0.367. The molecule has 6 heteroatoms. The van der Waals surface area contributed by atoms with Crippen molar-refractivity contribution in [3.05, 3.63) is 59.2 Å². The highest BCUT2D eigenvalue weighted by Gasteiger charge is 2.06. The van der Waals surface area contributed by atoms with Crippen LogP contribution in [0.15, 0.2) is 47.5 Å². The molecule has 0 atom stereocenters. The number of nitrogens with zero attached hydrogens (tertiary/aromatic N) is 1. The van der Waals surface area contributed by atoms with Gasteiger partial charge in [-0.2, -0.15) is 0 Å². The molecule has 0 aliphatic carbocycles. The Hall–Kier alpha value is -1.96. The fourth-order valence-electron chi connectivity index (χ4n) is 2.40. The van der Waals surface area contributed by atoms with Crippen LogP contribution in [0, 0.1) is 6.92 Å². The summed E-state index contributed by atoms with van der Waals surface area (Å²) in [5, 5.41) is 6.64. The summed E-state index contributed by atoms with van der Waals surface area (Å²) in [5.41, 5.74) is 3.58. The molecule has 0 unspecified atom stereocenters. The molecule has 2 aromatic carbocycles. The lowest BCUT2D eigenvalue weighted by Gasteiger charge is -2.14. The zero-order valence-corrected chi connectivity index (χ0v) is 18.2. The molecule has 2 rings (SSSR count). The van der Waals surface area contributed by atoms with E-state index in [1.807, 2.05) is 25.1 Å². The second-order valence-corrected chi connectivity index (χ2v) is 5.68. The molecule has 0 amide bonds. The van der Waals surface area contributed by atoms with Crippen molar-refractivity contribution in [2.75, 3.05) is 20.8 Å². The van der Waals surface area contributed by atoms with Crippen molar-refractivity contribution in [2.24, 2.45) is 4.99 Å². The summed E-state index contributed by atoms with van der Waals surface area (Å²) in [5.74, 6) is 2.26. The average Bonchev–Trinajstić information content (AvgIpc) is 2.64. The number of aryl methyl sites for hydroxylation is 1. The Kier molecular flexibility index (Phi) is 9.87. The SMILES string of the molecule is CCOc1cc(CNC(=NC)NCc2ccc(C)cc2)ccc1OC.I. The number of benzene rings is 2. The largest absolute Gasteiger partial charge is 0.493 e. The summed E-state index contributed by atoms with van der Waals surface area (Å²) in [7, 11) is 3.41. The molecule has 0 fully saturated rings. The minimum absolute atomic E-state index is 0. The molecule has 0 heterocycles. The van der Waals surface area contributed by atoms with Crippen LogP contribution in [0.4, 0.5) is 0 Å². The van der Waals surface area contributed by atoms with Gasteiger partial charge < -0.3 is 20.1 Å². The smallest absolute Gasteiger partial charge is 0.191 e. The molecule has 142 valence electrons. The molecule has 0 radical (unpaired) electrons. The number of nitrogens with one attached hydrogen (secondary N) is 2. The maximum absolute atomic E-state index is 5.62. The molecule has 2 N–H and O–H groups in total. The van der Waals surface area contributed by atoms with E-state index in [0.29, 0.717) is 13.2 Å². The number of aliphatic imine (C=N–C) groups is 1. The number of halogens is 1. The van der Waals surface area contributed by atoms with E-state index in [0.717, 1.165) is 29.6 Å². The number of ether oxygens (including phenoxy) is 2. The van der Waals surface area contributed by atoms with Gasteiger partial charge in [0.15, 0.2) is 17.5 Å². The van der Waals surface area contributed by atoms with Crippen LogP contribution in [-0.4, -0.2) is 26.7 Å². The van der Waals surface area contributed by atoms with Crippen LogP contribution < -0.4 is 20.1 Å². The Balaban J connectivity index is 0.00000338. The van der Waals surface area contributed by atoms with Crippen LogP contribution in [0.25, 0.3) is 0 Å². The van der Waals surface area contributed by atoms with Crippen molar-refractivity contribution < 1.29 is 9.47 Å². The maximum Gasteiger partial charge on any atom is 0.191 e. The van der Waals surface area contributed by atoms with Gasteiger partial charge in [-0.05, 0) is 37.1 Å². The summed E-state index contributed by atoms with van der Waals surface area (Å²) in [6.07, 6.45) is 0. The monoisotopic (exact) mass is 469 g/mol. The van der Waals surface area contributed by atoms with Gasteiger partial charge >= 0.3 is 0 Å². The van der Waals surface area contributed by atoms with Crippen molar-refractivity contribution in [3.63, 3.8) is 0 Å². The maximum atomic E-state index is 5.62. The minimum atomic E-state index is 0. The van der Waals surface area contributed by atoms with E-state index in [-0.39, 0.29) is 24.0 Å². The fourth-order valence-corrected chi connectivity index (χ4v) is 2.40. The molecule has 0 aliphatic heterocycles. The van der Waals surface area contributed by atoms with Gasteiger partial charge in [0.05, 0.1) is 13.7 Å². The highest BCUT2D eigenvalue weighted by Crippen LogP contribution is 2.27. The van der Waals surface area contributed by atoms with E-state index in [4.69, 9.17) is 9.47 Å². The number of methoxy groups -OCH3 is 1. The summed E-state index contributed by atoms with van der Waals surface area (Å²) < 4.78 is 10.9. The second-order valence-electron chi connectivity index (χ2n) is 5.68. The van der Waals surface area contributed by atoms with Gasteiger partial charge in [0.1, 0.15) is 0 Å². The van der Waals surface area contributed by atoms with Crippen LogP contribution in [0.2, 0.25) is 0 Å². The molecular weight excluding hydrogens is 441 g/mol. The lowest BCUT2D eigenvalue weighted by atomic mass is 10.1. The van der Waals surface area contributed by atoms with E-state index in [1.165, 1.54) is 11.1 Å². The van der Waals surface area contributed by atoms with Crippen molar-refractivity contribution in [1.29, 1.82) is 0 Å². The van der Waals surface area contributed by atoms with Crippen LogP contribution in [0.3, 0.4) is 0 Å². The normalized spacial score (nSPS) is 10.7. The fraction of sp³-hybridized carbons (Fsp3) is 0.350. The summed E-state index contributed by atoms with van der Waals surface area (Å²) in [6, 6.07) is 14.4. The first-order valence-corrected chi connectivity index (χ1v) is 8.46. The van der Waals surface area contributed by atoms with Gasteiger partial charge in [0.25, 0.3) is 0 Å². The summed E-state index contributed by atoms with van der Waals surface area (Å²) >= 11 is 0. The molecule has 0 spiro atoms. The predicted molar refractivity (Wildman–Crippen MR) is 118 cm³/mol. The molecule has 0 aromatic heterocycles. The van der Waals surface area contributed by atoms with E-state index < -0.39 is 0 Å². The van der Waals surface area contributed by atoms with E-state index in [2.05, 4.69) is 46.8 Å². The van der Waals surface area contributed by atoms with Crippen LogP contribution in [-0.2, 0) is 13.1 Å². The first-order valence-electron chi connectivity index (χ1n) is 8.46. The Morgan fingerprint density at radius 1 is 0.962 bits per heavy atom. The molecule has 5 nitrogen and oxygen atoms in total. The zero-order valence-electron chi connectivity index (χ0n) is 15.8. The van der Waals surface area contributed by atoms with Gasteiger partial charge in [-0.3, -0.25) is 4.99 Å².